The maximum Gasteiger partial charge on any atom is 0.305 e. The van der Waals surface area contributed by atoms with Crippen molar-refractivity contribution in [2.75, 3.05) is 26.4 Å². The molecule has 0 aliphatic heterocycles. The fourth-order valence-electron chi connectivity index (χ4n) is 1.19. The highest BCUT2D eigenvalue weighted by Gasteiger charge is 2.06. The van der Waals surface area contributed by atoms with Gasteiger partial charge in [0.1, 0.15) is 12.7 Å². The molecule has 19 heavy (non-hydrogen) atoms. The van der Waals surface area contributed by atoms with Crippen LogP contribution in [-0.4, -0.2) is 58.9 Å². The highest BCUT2D eigenvalue weighted by molar-refractivity contribution is 5.69. The summed E-state index contributed by atoms with van der Waals surface area (Å²) in [7, 11) is 0. The van der Waals surface area contributed by atoms with Crippen LogP contribution in [0.25, 0.3) is 0 Å². The van der Waals surface area contributed by atoms with Gasteiger partial charge in [0, 0.05) is 6.42 Å². The van der Waals surface area contributed by atoms with Crippen LogP contribution in [0.3, 0.4) is 0 Å². The van der Waals surface area contributed by atoms with E-state index in [1.165, 1.54) is 12.8 Å². The molecule has 0 saturated carbocycles. The van der Waals surface area contributed by atoms with E-state index in [0.717, 1.165) is 19.3 Å². The summed E-state index contributed by atoms with van der Waals surface area (Å²) in [5, 5.41) is 32.7. The van der Waals surface area contributed by atoms with E-state index in [4.69, 9.17) is 25.2 Å². The Balaban J connectivity index is 0. The van der Waals surface area contributed by atoms with Gasteiger partial charge in [0.05, 0.1) is 19.8 Å². The van der Waals surface area contributed by atoms with Crippen LogP contribution in [0.15, 0.2) is 0 Å². The number of esters is 1. The molecule has 0 bridgehead atoms. The summed E-state index contributed by atoms with van der Waals surface area (Å²) >= 11 is 0. The zero-order chi connectivity index (χ0) is 14.9. The number of hydrogen-bond acceptors (Lipinski definition) is 6. The van der Waals surface area contributed by atoms with Crippen molar-refractivity contribution in [1.82, 2.24) is 0 Å². The number of ether oxygens (including phenoxy) is 1. The highest BCUT2D eigenvalue weighted by atomic mass is 16.5. The molecule has 0 rings (SSSR count). The Morgan fingerprint density at radius 3 is 2.11 bits per heavy atom. The van der Waals surface area contributed by atoms with Gasteiger partial charge in [0.2, 0.25) is 0 Å². The molecule has 0 fully saturated rings. The maximum atomic E-state index is 11.1. The third kappa shape index (κ3) is 19.8. The summed E-state index contributed by atoms with van der Waals surface area (Å²) in [6.07, 6.45) is 4.89. The minimum absolute atomic E-state index is 0.107. The summed E-state index contributed by atoms with van der Waals surface area (Å²) in [5.41, 5.74) is 0. The summed E-state index contributed by atoms with van der Waals surface area (Å²) in [6.45, 7) is 1.42. The summed E-state index contributed by atoms with van der Waals surface area (Å²) < 4.78 is 4.75. The molecule has 0 aromatic carbocycles. The molecule has 1 atom stereocenters. The molecule has 1 unspecified atom stereocenters. The molecular formula is C13H28O6. The van der Waals surface area contributed by atoms with Crippen LogP contribution in [0.4, 0.5) is 0 Å². The summed E-state index contributed by atoms with van der Waals surface area (Å²) in [4.78, 5) is 11.1. The minimum Gasteiger partial charge on any atom is -0.463 e. The van der Waals surface area contributed by atoms with E-state index in [-0.39, 0.29) is 32.4 Å². The minimum atomic E-state index is -0.950. The van der Waals surface area contributed by atoms with Gasteiger partial charge in [0.25, 0.3) is 0 Å². The Hall–Kier alpha value is -0.690. The normalized spacial score (nSPS) is 11.4. The van der Waals surface area contributed by atoms with Crippen LogP contribution in [0.2, 0.25) is 0 Å². The third-order valence-electron chi connectivity index (χ3n) is 2.23. The topological polar surface area (TPSA) is 107 Å². The molecule has 0 radical (unpaired) electrons. The first-order valence-electron chi connectivity index (χ1n) is 6.78. The van der Waals surface area contributed by atoms with Crippen molar-refractivity contribution in [3.05, 3.63) is 0 Å². The first-order chi connectivity index (χ1) is 9.12. The highest BCUT2D eigenvalue weighted by Crippen LogP contribution is 2.05. The van der Waals surface area contributed by atoms with Crippen molar-refractivity contribution in [2.24, 2.45) is 0 Å². The van der Waals surface area contributed by atoms with E-state index in [2.05, 4.69) is 6.92 Å². The molecule has 0 heterocycles. The van der Waals surface area contributed by atoms with Gasteiger partial charge in [-0.3, -0.25) is 4.79 Å². The van der Waals surface area contributed by atoms with Crippen LogP contribution < -0.4 is 0 Å². The quantitative estimate of drug-likeness (QED) is 0.337. The van der Waals surface area contributed by atoms with E-state index in [1.807, 2.05) is 0 Å². The largest absolute Gasteiger partial charge is 0.463 e. The first kappa shape index (κ1) is 20.6. The Bertz CT molecular complexity index is 184. The second kappa shape index (κ2) is 17.3. The van der Waals surface area contributed by atoms with Crippen molar-refractivity contribution in [3.8, 4) is 0 Å². The predicted molar refractivity (Wildman–Crippen MR) is 71.6 cm³/mol. The summed E-state index contributed by atoms with van der Waals surface area (Å²) in [6, 6.07) is 0. The second-order valence-corrected chi connectivity index (χ2v) is 4.13. The fourth-order valence-corrected chi connectivity index (χ4v) is 1.19. The number of aliphatic hydroxyl groups is 4. The Labute approximate surface area is 115 Å². The lowest BCUT2D eigenvalue weighted by molar-refractivity contribution is -0.147. The van der Waals surface area contributed by atoms with Gasteiger partial charge in [-0.1, -0.05) is 32.6 Å². The number of carbonyl (C=O) groups is 1. The van der Waals surface area contributed by atoms with E-state index in [1.54, 1.807) is 0 Å². The van der Waals surface area contributed by atoms with Gasteiger partial charge in [0.15, 0.2) is 0 Å². The number of unbranched alkanes of at least 4 members (excludes halogenated alkanes) is 4. The molecule has 0 aliphatic carbocycles. The standard InChI is InChI=1S/C11H22O4.C2H6O2/c1-2-3-4-5-6-7-11(14)15-9-10(13)8-12;3-1-2-4/h10,12-13H,2-9H2,1H3;3-4H,1-2H2. The van der Waals surface area contributed by atoms with Crippen molar-refractivity contribution in [2.45, 2.75) is 51.6 Å². The van der Waals surface area contributed by atoms with Crippen molar-refractivity contribution >= 4 is 5.97 Å². The van der Waals surface area contributed by atoms with Gasteiger partial charge in [-0.25, -0.2) is 0 Å². The number of rotatable bonds is 10. The maximum absolute atomic E-state index is 11.1. The van der Waals surface area contributed by atoms with E-state index in [0.29, 0.717) is 6.42 Å². The molecule has 0 aromatic rings. The second-order valence-electron chi connectivity index (χ2n) is 4.13. The fraction of sp³-hybridized carbons (Fsp3) is 0.923. The van der Waals surface area contributed by atoms with Gasteiger partial charge in [-0.05, 0) is 6.42 Å². The molecule has 6 nitrogen and oxygen atoms in total. The molecular weight excluding hydrogens is 252 g/mol. The molecule has 6 heteroatoms. The van der Waals surface area contributed by atoms with E-state index < -0.39 is 6.10 Å². The zero-order valence-electron chi connectivity index (χ0n) is 11.8. The predicted octanol–water partition coefficient (Wildman–Crippen LogP) is 0.214. The Morgan fingerprint density at radius 2 is 1.63 bits per heavy atom. The van der Waals surface area contributed by atoms with Gasteiger partial charge in [-0.15, -0.1) is 0 Å². The van der Waals surface area contributed by atoms with Gasteiger partial charge < -0.3 is 25.2 Å². The molecule has 4 N–H and O–H groups in total. The van der Waals surface area contributed by atoms with Crippen molar-refractivity contribution < 1.29 is 30.0 Å². The van der Waals surface area contributed by atoms with Crippen LogP contribution in [-0.2, 0) is 9.53 Å². The van der Waals surface area contributed by atoms with Crippen LogP contribution in [0.1, 0.15) is 45.4 Å². The van der Waals surface area contributed by atoms with E-state index in [9.17, 15) is 4.79 Å². The van der Waals surface area contributed by atoms with Crippen LogP contribution in [0.5, 0.6) is 0 Å². The van der Waals surface area contributed by atoms with Crippen LogP contribution in [0, 0.1) is 0 Å². The smallest absolute Gasteiger partial charge is 0.305 e. The molecule has 0 saturated heterocycles. The Morgan fingerprint density at radius 1 is 1.05 bits per heavy atom. The SMILES string of the molecule is CCCCCCCC(=O)OCC(O)CO.OCCO. The molecule has 0 aliphatic rings. The number of carbonyl (C=O) groups excluding carboxylic acids is 1. The van der Waals surface area contributed by atoms with Crippen LogP contribution >= 0.6 is 0 Å². The van der Waals surface area contributed by atoms with E-state index >= 15 is 0 Å². The van der Waals surface area contributed by atoms with Gasteiger partial charge in [-0.2, -0.15) is 0 Å². The first-order valence-corrected chi connectivity index (χ1v) is 6.78. The molecule has 0 amide bonds. The van der Waals surface area contributed by atoms with Crippen molar-refractivity contribution in [1.29, 1.82) is 0 Å². The molecule has 0 spiro atoms. The number of aliphatic hydroxyl groups excluding tert-OH is 4. The van der Waals surface area contributed by atoms with Gasteiger partial charge >= 0.3 is 5.97 Å². The lowest BCUT2D eigenvalue weighted by Gasteiger charge is -2.08. The molecule has 116 valence electrons. The lowest BCUT2D eigenvalue weighted by Crippen LogP contribution is -2.21. The average molecular weight is 280 g/mol. The molecule has 0 aromatic heterocycles. The Kier molecular flexibility index (Phi) is 18.8. The monoisotopic (exact) mass is 280 g/mol. The summed E-state index contributed by atoms with van der Waals surface area (Å²) in [5.74, 6) is -0.293. The average Bonchev–Trinajstić information content (AvgIpc) is 2.44. The number of hydrogen-bond donors (Lipinski definition) is 4. The zero-order valence-corrected chi connectivity index (χ0v) is 11.8. The third-order valence-corrected chi connectivity index (χ3v) is 2.23. The van der Waals surface area contributed by atoms with Crippen molar-refractivity contribution in [3.63, 3.8) is 0 Å². The lowest BCUT2D eigenvalue weighted by atomic mass is 10.1.